The van der Waals surface area contributed by atoms with Crippen molar-refractivity contribution < 1.29 is 4.79 Å². The zero-order chi connectivity index (χ0) is 16.9. The molecule has 1 N–H and O–H groups in total. The number of nitrogens with one attached hydrogen (secondary N) is 1. The third kappa shape index (κ3) is 6.10. The van der Waals surface area contributed by atoms with E-state index in [1.165, 1.54) is 17.5 Å². The molecule has 1 aliphatic rings. The number of carbonyl (C=O) groups is 1. The summed E-state index contributed by atoms with van der Waals surface area (Å²) < 4.78 is 0. The Morgan fingerprint density at radius 2 is 1.92 bits per heavy atom. The number of aryl methyl sites for hydroxylation is 1. The second kappa shape index (κ2) is 9.43. The number of hydrogen-bond donors (Lipinski definition) is 1. The van der Waals surface area contributed by atoms with Crippen molar-refractivity contribution in [2.45, 2.75) is 51.9 Å². The number of carbonyl (C=O) groups excluding carboxylic acids is 1. The third-order valence-corrected chi connectivity index (χ3v) is 4.81. The Morgan fingerprint density at radius 1 is 1.25 bits per heavy atom. The highest BCUT2D eigenvalue weighted by molar-refractivity contribution is 5.85. The van der Waals surface area contributed by atoms with Gasteiger partial charge in [0.2, 0.25) is 5.91 Å². The van der Waals surface area contributed by atoms with E-state index in [-0.39, 0.29) is 17.8 Å². The van der Waals surface area contributed by atoms with Crippen LogP contribution in [-0.2, 0) is 16.6 Å². The van der Waals surface area contributed by atoms with Gasteiger partial charge in [0.15, 0.2) is 0 Å². The molecule has 1 aromatic rings. The third-order valence-electron chi connectivity index (χ3n) is 4.81. The summed E-state index contributed by atoms with van der Waals surface area (Å²) in [5, 5.41) is 3.23. The molecule has 0 saturated carbocycles. The zero-order valence-corrected chi connectivity index (χ0v) is 16.4. The number of hydrogen-bond acceptors (Lipinski definition) is 2. The Kier molecular flexibility index (Phi) is 8.24. The van der Waals surface area contributed by atoms with Crippen molar-refractivity contribution in [3.05, 3.63) is 35.4 Å². The van der Waals surface area contributed by atoms with Crippen LogP contribution in [0.3, 0.4) is 0 Å². The smallest absolute Gasteiger partial charge is 0.222 e. The summed E-state index contributed by atoms with van der Waals surface area (Å²) in [7, 11) is 1.99. The molecule has 1 heterocycles. The maximum atomic E-state index is 12.5. The average molecular weight is 353 g/mol. The molecule has 0 aromatic heterocycles. The predicted octanol–water partition coefficient (Wildman–Crippen LogP) is 3.80. The molecule has 1 aromatic carbocycles. The molecule has 1 atom stereocenters. The Morgan fingerprint density at radius 3 is 2.50 bits per heavy atom. The number of halogens is 1. The molecule has 136 valence electrons. The Balaban J connectivity index is 0.00000288. The van der Waals surface area contributed by atoms with E-state index >= 15 is 0 Å². The molecule has 3 nitrogen and oxygen atoms in total. The fraction of sp³-hybridized carbons (Fsp3) is 0.650. The molecule has 1 saturated heterocycles. The topological polar surface area (TPSA) is 32.3 Å². The highest BCUT2D eigenvalue weighted by atomic mass is 35.5. The van der Waals surface area contributed by atoms with Gasteiger partial charge in [-0.05, 0) is 55.3 Å². The Labute approximate surface area is 153 Å². The Bertz CT molecular complexity index is 505. The molecule has 0 radical (unpaired) electrons. The van der Waals surface area contributed by atoms with Gasteiger partial charge in [0.05, 0.1) is 0 Å². The van der Waals surface area contributed by atoms with E-state index in [0.717, 1.165) is 32.5 Å². The molecule has 1 unspecified atom stereocenters. The predicted molar refractivity (Wildman–Crippen MR) is 104 cm³/mol. The number of rotatable bonds is 5. The quantitative estimate of drug-likeness (QED) is 0.874. The second-order valence-electron chi connectivity index (χ2n) is 7.85. The first-order chi connectivity index (χ1) is 10.9. The molecule has 1 fully saturated rings. The van der Waals surface area contributed by atoms with Gasteiger partial charge >= 0.3 is 0 Å². The molecule has 0 aliphatic carbocycles. The van der Waals surface area contributed by atoms with Crippen LogP contribution < -0.4 is 5.32 Å². The normalized spacial score (nSPS) is 18.2. The summed E-state index contributed by atoms with van der Waals surface area (Å²) in [6, 6.07) is 8.75. The fourth-order valence-corrected chi connectivity index (χ4v) is 3.33. The van der Waals surface area contributed by atoms with Crippen molar-refractivity contribution in [1.29, 1.82) is 0 Å². The van der Waals surface area contributed by atoms with Gasteiger partial charge in [0, 0.05) is 19.5 Å². The molecule has 24 heavy (non-hydrogen) atoms. The van der Waals surface area contributed by atoms with E-state index < -0.39 is 0 Å². The standard InChI is InChI=1S/C20H32N2O.ClH/c1-20(2,3)18-10-7-16(8-11-18)9-12-19(23)22-13-5-6-17(15-22)14-21-4;/h7-8,10-11,17,21H,5-6,9,12-15H2,1-4H3;1H. The Hall–Kier alpha value is -1.06. The van der Waals surface area contributed by atoms with Crippen LogP contribution in [0.2, 0.25) is 0 Å². The monoisotopic (exact) mass is 352 g/mol. The van der Waals surface area contributed by atoms with Gasteiger partial charge in [-0.15, -0.1) is 12.4 Å². The maximum absolute atomic E-state index is 12.5. The molecular formula is C20H33ClN2O. The van der Waals surface area contributed by atoms with Crippen LogP contribution in [0.1, 0.15) is 51.2 Å². The van der Waals surface area contributed by atoms with Gasteiger partial charge in [-0.2, -0.15) is 0 Å². The number of likely N-dealkylation sites (tertiary alicyclic amines) is 1. The van der Waals surface area contributed by atoms with E-state index in [1.54, 1.807) is 0 Å². The van der Waals surface area contributed by atoms with Gasteiger partial charge in [-0.25, -0.2) is 0 Å². The van der Waals surface area contributed by atoms with Gasteiger partial charge in [-0.1, -0.05) is 45.0 Å². The van der Waals surface area contributed by atoms with E-state index in [9.17, 15) is 4.79 Å². The lowest BCUT2D eigenvalue weighted by Crippen LogP contribution is -2.42. The average Bonchev–Trinajstić information content (AvgIpc) is 2.53. The van der Waals surface area contributed by atoms with Gasteiger partial charge in [-0.3, -0.25) is 4.79 Å². The zero-order valence-electron chi connectivity index (χ0n) is 15.6. The lowest BCUT2D eigenvalue weighted by atomic mass is 9.86. The molecule has 0 bridgehead atoms. The lowest BCUT2D eigenvalue weighted by molar-refractivity contribution is -0.132. The van der Waals surface area contributed by atoms with Crippen LogP contribution in [-0.4, -0.2) is 37.5 Å². The number of amides is 1. The van der Waals surface area contributed by atoms with E-state index in [1.807, 2.05) is 7.05 Å². The maximum Gasteiger partial charge on any atom is 0.222 e. The highest BCUT2D eigenvalue weighted by Gasteiger charge is 2.22. The van der Waals surface area contributed by atoms with Crippen LogP contribution in [0.25, 0.3) is 0 Å². The van der Waals surface area contributed by atoms with Crippen LogP contribution in [0.4, 0.5) is 0 Å². The van der Waals surface area contributed by atoms with Crippen LogP contribution in [0.15, 0.2) is 24.3 Å². The summed E-state index contributed by atoms with van der Waals surface area (Å²) in [6.07, 6.45) is 3.84. The van der Waals surface area contributed by atoms with Crippen LogP contribution in [0, 0.1) is 5.92 Å². The molecule has 1 amide bonds. The first-order valence-corrected chi connectivity index (χ1v) is 8.92. The van der Waals surface area contributed by atoms with Crippen molar-refractivity contribution in [2.75, 3.05) is 26.7 Å². The van der Waals surface area contributed by atoms with Crippen LogP contribution in [0.5, 0.6) is 0 Å². The molecule has 2 rings (SSSR count). The summed E-state index contributed by atoms with van der Waals surface area (Å²) in [6.45, 7) is 9.54. The minimum absolute atomic E-state index is 0. The largest absolute Gasteiger partial charge is 0.342 e. The van der Waals surface area contributed by atoms with Crippen molar-refractivity contribution in [2.24, 2.45) is 5.92 Å². The minimum atomic E-state index is 0. The van der Waals surface area contributed by atoms with Gasteiger partial charge < -0.3 is 10.2 Å². The molecule has 0 spiro atoms. The van der Waals surface area contributed by atoms with E-state index in [4.69, 9.17) is 0 Å². The molecule has 4 heteroatoms. The lowest BCUT2D eigenvalue weighted by Gasteiger charge is -2.32. The van der Waals surface area contributed by atoms with Crippen LogP contribution >= 0.6 is 12.4 Å². The summed E-state index contributed by atoms with van der Waals surface area (Å²) >= 11 is 0. The first-order valence-electron chi connectivity index (χ1n) is 8.92. The summed E-state index contributed by atoms with van der Waals surface area (Å²) in [4.78, 5) is 14.5. The fourth-order valence-electron chi connectivity index (χ4n) is 3.33. The number of nitrogens with zero attached hydrogens (tertiary/aromatic N) is 1. The molecule has 1 aliphatic heterocycles. The summed E-state index contributed by atoms with van der Waals surface area (Å²) in [5.74, 6) is 0.925. The minimum Gasteiger partial charge on any atom is -0.342 e. The van der Waals surface area contributed by atoms with E-state index in [2.05, 4.69) is 55.3 Å². The number of piperidine rings is 1. The number of benzene rings is 1. The van der Waals surface area contributed by atoms with Crippen molar-refractivity contribution in [3.63, 3.8) is 0 Å². The summed E-state index contributed by atoms with van der Waals surface area (Å²) in [5.41, 5.74) is 2.79. The van der Waals surface area contributed by atoms with Gasteiger partial charge in [0.25, 0.3) is 0 Å². The van der Waals surface area contributed by atoms with Crippen molar-refractivity contribution in [3.8, 4) is 0 Å². The van der Waals surface area contributed by atoms with E-state index in [0.29, 0.717) is 18.2 Å². The molecular weight excluding hydrogens is 320 g/mol. The SMILES string of the molecule is CNCC1CCCN(C(=O)CCc2ccc(C(C)(C)C)cc2)C1.Cl. The highest BCUT2D eigenvalue weighted by Crippen LogP contribution is 2.23. The first kappa shape index (κ1) is 21.0. The van der Waals surface area contributed by atoms with Crippen molar-refractivity contribution >= 4 is 18.3 Å². The van der Waals surface area contributed by atoms with Crippen molar-refractivity contribution in [1.82, 2.24) is 10.2 Å². The second-order valence-corrected chi connectivity index (χ2v) is 7.85. The van der Waals surface area contributed by atoms with Gasteiger partial charge in [0.1, 0.15) is 0 Å².